The number of ether oxygens (including phenoxy) is 4. The maximum absolute atomic E-state index is 10.9. The van der Waals surface area contributed by atoms with E-state index in [0.29, 0.717) is 0 Å². The SMILES string of the molecule is CC(=O)OC[C@H]1O[C@H](O[C@]2(CCl)O[C@H](CCl)[C@@H](O)[C@@H]2O)[C@H](O)[C@@H](O)[C@@H]1O. The van der Waals surface area contributed by atoms with Gasteiger partial charge in [-0.2, -0.15) is 0 Å². The minimum atomic E-state index is -1.97. The van der Waals surface area contributed by atoms with E-state index < -0.39 is 73.3 Å². The van der Waals surface area contributed by atoms with Gasteiger partial charge in [-0.25, -0.2) is 0 Å². The van der Waals surface area contributed by atoms with Crippen LogP contribution in [0.25, 0.3) is 0 Å². The topological polar surface area (TPSA) is 155 Å². The fourth-order valence-corrected chi connectivity index (χ4v) is 3.30. The Balaban J connectivity index is 2.16. The van der Waals surface area contributed by atoms with E-state index in [-0.39, 0.29) is 5.88 Å². The Morgan fingerprint density at radius 1 is 1.04 bits per heavy atom. The number of esters is 1. The Kier molecular flexibility index (Phi) is 7.47. The highest BCUT2D eigenvalue weighted by atomic mass is 35.5. The lowest BCUT2D eigenvalue weighted by molar-refractivity contribution is -0.371. The first-order chi connectivity index (χ1) is 12.2. The van der Waals surface area contributed by atoms with Crippen LogP contribution in [0.3, 0.4) is 0 Å². The summed E-state index contributed by atoms with van der Waals surface area (Å²) in [5.74, 6) is -3.23. The minimum Gasteiger partial charge on any atom is -0.463 e. The van der Waals surface area contributed by atoms with Crippen LogP contribution in [0.15, 0.2) is 0 Å². The second-order valence-corrected chi connectivity index (χ2v) is 6.70. The van der Waals surface area contributed by atoms with Crippen molar-refractivity contribution in [3.8, 4) is 0 Å². The van der Waals surface area contributed by atoms with Crippen molar-refractivity contribution in [3.05, 3.63) is 0 Å². The Morgan fingerprint density at radius 3 is 2.19 bits per heavy atom. The standard InChI is InChI=1S/C14H22Cl2O10/c1-5(17)23-3-7-8(18)10(20)11(21)13(24-7)26-14(4-16)12(22)9(19)6(2-15)25-14/h6-13,18-22H,2-4H2,1H3/t6-,7-,8-,9-,10+,11-,12+,13-,14+/m1/s1. The van der Waals surface area contributed by atoms with E-state index >= 15 is 0 Å². The summed E-state index contributed by atoms with van der Waals surface area (Å²) in [4.78, 5) is 10.9. The summed E-state index contributed by atoms with van der Waals surface area (Å²) in [5.41, 5.74) is 0. The number of carbonyl (C=O) groups excluding carboxylic acids is 1. The van der Waals surface area contributed by atoms with E-state index in [1.54, 1.807) is 0 Å². The second-order valence-electron chi connectivity index (χ2n) is 6.13. The molecule has 0 amide bonds. The van der Waals surface area contributed by atoms with Crippen LogP contribution < -0.4 is 0 Å². The molecule has 10 nitrogen and oxygen atoms in total. The van der Waals surface area contributed by atoms with Gasteiger partial charge in [0.2, 0.25) is 5.79 Å². The van der Waals surface area contributed by atoms with Crippen LogP contribution in [0, 0.1) is 0 Å². The zero-order chi connectivity index (χ0) is 19.6. The van der Waals surface area contributed by atoms with Gasteiger partial charge in [0.15, 0.2) is 6.29 Å². The summed E-state index contributed by atoms with van der Waals surface area (Å²) in [6.07, 6.45) is -11.8. The largest absolute Gasteiger partial charge is 0.463 e. The number of hydrogen-bond donors (Lipinski definition) is 5. The number of hydrogen-bond acceptors (Lipinski definition) is 10. The Labute approximate surface area is 159 Å². The van der Waals surface area contributed by atoms with Gasteiger partial charge in [0, 0.05) is 6.92 Å². The molecule has 12 heteroatoms. The average Bonchev–Trinajstić information content (AvgIpc) is 2.86. The first-order valence-electron chi connectivity index (χ1n) is 7.83. The highest BCUT2D eigenvalue weighted by Crippen LogP contribution is 2.37. The van der Waals surface area contributed by atoms with Gasteiger partial charge < -0.3 is 44.5 Å². The lowest BCUT2D eigenvalue weighted by Crippen LogP contribution is -2.62. The lowest BCUT2D eigenvalue weighted by atomic mass is 9.99. The number of alkyl halides is 2. The van der Waals surface area contributed by atoms with Crippen LogP contribution in [-0.2, 0) is 23.7 Å². The summed E-state index contributed by atoms with van der Waals surface area (Å²) in [6.45, 7) is 0.734. The predicted octanol–water partition coefficient (Wildman–Crippen LogP) is -2.33. The van der Waals surface area contributed by atoms with Gasteiger partial charge in [0.05, 0.1) is 11.8 Å². The normalized spacial score (nSPS) is 46.3. The number of rotatable bonds is 6. The van der Waals surface area contributed by atoms with Crippen LogP contribution in [0.5, 0.6) is 0 Å². The van der Waals surface area contributed by atoms with E-state index in [2.05, 4.69) is 0 Å². The van der Waals surface area contributed by atoms with E-state index in [9.17, 15) is 30.3 Å². The maximum atomic E-state index is 10.9. The molecule has 2 heterocycles. The van der Waals surface area contributed by atoms with Crippen LogP contribution >= 0.6 is 23.2 Å². The van der Waals surface area contributed by atoms with Gasteiger partial charge in [-0.15, -0.1) is 23.2 Å². The zero-order valence-corrected chi connectivity index (χ0v) is 15.3. The summed E-state index contributed by atoms with van der Waals surface area (Å²) >= 11 is 11.5. The molecule has 2 fully saturated rings. The van der Waals surface area contributed by atoms with Crippen LogP contribution in [-0.4, -0.2) is 105 Å². The molecule has 9 atom stereocenters. The smallest absolute Gasteiger partial charge is 0.302 e. The van der Waals surface area contributed by atoms with Gasteiger partial charge in [0.1, 0.15) is 49.3 Å². The molecule has 2 aliphatic rings. The van der Waals surface area contributed by atoms with Gasteiger partial charge in [-0.3, -0.25) is 4.79 Å². The van der Waals surface area contributed by atoms with Gasteiger partial charge in [-0.1, -0.05) is 0 Å². The van der Waals surface area contributed by atoms with Gasteiger partial charge in [0.25, 0.3) is 0 Å². The molecule has 0 spiro atoms. The summed E-state index contributed by atoms with van der Waals surface area (Å²) in [6, 6.07) is 0. The molecule has 0 radical (unpaired) electrons. The van der Waals surface area contributed by atoms with E-state index in [4.69, 9.17) is 42.1 Å². The van der Waals surface area contributed by atoms with Crippen molar-refractivity contribution in [2.24, 2.45) is 0 Å². The molecule has 26 heavy (non-hydrogen) atoms. The molecule has 0 saturated carbocycles. The highest BCUT2D eigenvalue weighted by molar-refractivity contribution is 6.19. The fraction of sp³-hybridized carbons (Fsp3) is 0.929. The highest BCUT2D eigenvalue weighted by Gasteiger charge is 2.58. The van der Waals surface area contributed by atoms with Crippen molar-refractivity contribution >= 4 is 29.2 Å². The zero-order valence-electron chi connectivity index (χ0n) is 13.8. The summed E-state index contributed by atoms with van der Waals surface area (Å²) in [5, 5.41) is 50.2. The number of carbonyl (C=O) groups is 1. The van der Waals surface area contributed by atoms with Crippen molar-refractivity contribution in [1.29, 1.82) is 0 Å². The molecule has 0 bridgehead atoms. The number of halogens is 2. The predicted molar refractivity (Wildman–Crippen MR) is 85.5 cm³/mol. The molecule has 0 aromatic carbocycles. The molecule has 2 saturated heterocycles. The molecular weight excluding hydrogens is 399 g/mol. The average molecular weight is 421 g/mol. The van der Waals surface area contributed by atoms with Crippen LogP contribution in [0.4, 0.5) is 0 Å². The molecule has 0 aromatic rings. The maximum Gasteiger partial charge on any atom is 0.302 e. The van der Waals surface area contributed by atoms with E-state index in [1.165, 1.54) is 0 Å². The second kappa shape index (κ2) is 8.82. The molecule has 2 aliphatic heterocycles. The third-order valence-corrected chi connectivity index (χ3v) is 4.96. The minimum absolute atomic E-state index is 0.162. The first kappa shape index (κ1) is 22.0. The van der Waals surface area contributed by atoms with E-state index in [1.807, 2.05) is 0 Å². The fourth-order valence-electron chi connectivity index (χ4n) is 2.77. The number of aliphatic hydroxyl groups is 5. The molecule has 0 unspecified atom stereocenters. The number of aliphatic hydroxyl groups excluding tert-OH is 5. The van der Waals surface area contributed by atoms with Gasteiger partial charge in [-0.05, 0) is 0 Å². The van der Waals surface area contributed by atoms with Crippen molar-refractivity contribution in [2.45, 2.75) is 61.7 Å². The molecular formula is C14H22Cl2O10. The lowest BCUT2D eigenvalue weighted by Gasteiger charge is -2.43. The molecule has 5 N–H and O–H groups in total. The van der Waals surface area contributed by atoms with Crippen molar-refractivity contribution in [3.63, 3.8) is 0 Å². The van der Waals surface area contributed by atoms with Crippen molar-refractivity contribution in [2.75, 3.05) is 18.4 Å². The van der Waals surface area contributed by atoms with E-state index in [0.717, 1.165) is 6.92 Å². The van der Waals surface area contributed by atoms with Crippen LogP contribution in [0.1, 0.15) is 6.92 Å². The Morgan fingerprint density at radius 2 is 1.69 bits per heavy atom. The van der Waals surface area contributed by atoms with Gasteiger partial charge >= 0.3 is 5.97 Å². The third-order valence-electron chi connectivity index (χ3n) is 4.28. The molecule has 0 aliphatic carbocycles. The van der Waals surface area contributed by atoms with Crippen LogP contribution in [0.2, 0.25) is 0 Å². The van der Waals surface area contributed by atoms with Crippen molar-refractivity contribution < 1.29 is 49.3 Å². The third kappa shape index (κ3) is 4.25. The Hall–Kier alpha value is -0.270. The quantitative estimate of drug-likeness (QED) is 0.233. The molecule has 2 rings (SSSR count). The Bertz CT molecular complexity index is 496. The summed E-state index contributed by atoms with van der Waals surface area (Å²) < 4.78 is 21.0. The summed E-state index contributed by atoms with van der Waals surface area (Å²) in [7, 11) is 0. The monoisotopic (exact) mass is 420 g/mol. The molecule has 152 valence electrons. The van der Waals surface area contributed by atoms with Crippen molar-refractivity contribution in [1.82, 2.24) is 0 Å². The molecule has 0 aromatic heterocycles. The first-order valence-corrected chi connectivity index (χ1v) is 8.90.